The number of nitrogens with one attached hydrogen (secondary N) is 1. The van der Waals surface area contributed by atoms with Gasteiger partial charge < -0.3 is 5.32 Å². The Morgan fingerprint density at radius 2 is 1.88 bits per heavy atom. The first kappa shape index (κ1) is 22.2. The van der Waals surface area contributed by atoms with E-state index in [1.165, 1.54) is 39.8 Å². The van der Waals surface area contributed by atoms with Crippen molar-refractivity contribution in [3.05, 3.63) is 75.8 Å². The highest BCUT2D eigenvalue weighted by Crippen LogP contribution is 2.23. The second-order valence-corrected chi connectivity index (χ2v) is 9.51. The molecule has 0 fully saturated rings. The van der Waals surface area contributed by atoms with Gasteiger partial charge in [0.1, 0.15) is 0 Å². The van der Waals surface area contributed by atoms with Crippen molar-refractivity contribution in [2.75, 3.05) is 11.1 Å². The minimum absolute atomic E-state index is 0.141. The van der Waals surface area contributed by atoms with Crippen LogP contribution in [0.5, 0.6) is 0 Å². The quantitative estimate of drug-likeness (QED) is 0.383. The molecule has 0 radical (unpaired) electrons. The number of aromatic nitrogens is 5. The van der Waals surface area contributed by atoms with E-state index in [1.54, 1.807) is 4.68 Å². The number of carbonyl (C=O) groups is 1. The molecule has 0 bridgehead atoms. The largest absolute Gasteiger partial charge is 0.301 e. The number of thioether (sulfide) groups is 1. The fourth-order valence-corrected chi connectivity index (χ4v) is 4.67. The van der Waals surface area contributed by atoms with Crippen molar-refractivity contribution < 1.29 is 4.79 Å². The number of hydrogen-bond acceptors (Lipinski definition) is 7. The lowest BCUT2D eigenvalue weighted by Crippen LogP contribution is -2.14. The maximum absolute atomic E-state index is 12.4. The predicted octanol–water partition coefficient (Wildman–Crippen LogP) is 4.62. The van der Waals surface area contributed by atoms with Gasteiger partial charge in [-0.05, 0) is 65.1 Å². The van der Waals surface area contributed by atoms with E-state index in [4.69, 9.17) is 0 Å². The SMILES string of the molecule is CCc1ccc(Cc2cnc(NC(=O)CSc3nnnn3-c3ccc(C)c(C)c3)s2)cc1. The molecule has 32 heavy (non-hydrogen) atoms. The van der Waals surface area contributed by atoms with Gasteiger partial charge in [-0.1, -0.05) is 49.0 Å². The maximum atomic E-state index is 12.4. The minimum Gasteiger partial charge on any atom is -0.301 e. The summed E-state index contributed by atoms with van der Waals surface area (Å²) in [6.45, 7) is 6.26. The van der Waals surface area contributed by atoms with Gasteiger partial charge in [0.05, 0.1) is 11.4 Å². The Kier molecular flexibility index (Phi) is 6.96. The molecule has 2 aromatic carbocycles. The standard InChI is InChI=1S/C23H24N6OS2/c1-4-17-6-8-18(9-7-17)12-20-13-24-22(32-20)25-21(30)14-31-23-26-27-28-29(23)19-10-5-15(2)16(3)11-19/h5-11,13H,4,12,14H2,1-3H3,(H,24,25,30). The molecule has 0 aliphatic carbocycles. The predicted molar refractivity (Wildman–Crippen MR) is 129 cm³/mol. The molecular weight excluding hydrogens is 440 g/mol. The zero-order valence-corrected chi connectivity index (χ0v) is 19.8. The van der Waals surface area contributed by atoms with E-state index in [9.17, 15) is 4.79 Å². The summed E-state index contributed by atoms with van der Waals surface area (Å²) in [6.07, 6.45) is 3.66. The Hall–Kier alpha value is -3.04. The molecule has 1 N–H and O–H groups in total. The summed E-state index contributed by atoms with van der Waals surface area (Å²) in [4.78, 5) is 17.9. The van der Waals surface area contributed by atoms with E-state index in [1.807, 2.05) is 31.3 Å². The number of tetrazole rings is 1. The Bertz CT molecular complexity index is 1220. The van der Waals surface area contributed by atoms with E-state index >= 15 is 0 Å². The van der Waals surface area contributed by atoms with Gasteiger partial charge in [0.15, 0.2) is 5.13 Å². The number of hydrogen-bond donors (Lipinski definition) is 1. The molecule has 2 aromatic heterocycles. The lowest BCUT2D eigenvalue weighted by Gasteiger charge is -2.07. The molecule has 0 aliphatic heterocycles. The van der Waals surface area contributed by atoms with Crippen LogP contribution >= 0.6 is 23.1 Å². The molecule has 0 saturated carbocycles. The summed E-state index contributed by atoms with van der Waals surface area (Å²) in [5, 5.41) is 15.9. The zero-order valence-electron chi connectivity index (χ0n) is 18.2. The fourth-order valence-electron chi connectivity index (χ4n) is 3.11. The minimum atomic E-state index is -0.141. The molecule has 4 aromatic rings. The van der Waals surface area contributed by atoms with Gasteiger partial charge in [0.2, 0.25) is 11.1 Å². The van der Waals surface area contributed by atoms with Crippen LogP contribution in [0.2, 0.25) is 0 Å². The fraction of sp³-hybridized carbons (Fsp3) is 0.261. The van der Waals surface area contributed by atoms with Crippen LogP contribution in [0, 0.1) is 13.8 Å². The van der Waals surface area contributed by atoms with Crippen LogP contribution in [-0.2, 0) is 17.6 Å². The van der Waals surface area contributed by atoms with Crippen LogP contribution in [0.15, 0.2) is 53.8 Å². The molecule has 164 valence electrons. The van der Waals surface area contributed by atoms with Crippen molar-refractivity contribution in [2.45, 2.75) is 38.8 Å². The van der Waals surface area contributed by atoms with Gasteiger partial charge in [-0.3, -0.25) is 4.79 Å². The smallest absolute Gasteiger partial charge is 0.236 e. The summed E-state index contributed by atoms with van der Waals surface area (Å²) >= 11 is 2.78. The van der Waals surface area contributed by atoms with E-state index in [2.05, 4.69) is 63.9 Å². The molecule has 0 saturated heterocycles. The molecule has 0 aliphatic rings. The van der Waals surface area contributed by atoms with Crippen LogP contribution in [0.4, 0.5) is 5.13 Å². The van der Waals surface area contributed by atoms with Gasteiger partial charge in [0.25, 0.3) is 0 Å². The number of anilines is 1. The van der Waals surface area contributed by atoms with Crippen LogP contribution < -0.4 is 5.32 Å². The van der Waals surface area contributed by atoms with E-state index in [0.29, 0.717) is 10.3 Å². The van der Waals surface area contributed by atoms with Crippen molar-refractivity contribution in [3.63, 3.8) is 0 Å². The van der Waals surface area contributed by atoms with Gasteiger partial charge in [-0.15, -0.1) is 16.4 Å². The van der Waals surface area contributed by atoms with Crippen LogP contribution in [-0.4, -0.2) is 36.9 Å². The Morgan fingerprint density at radius 1 is 1.09 bits per heavy atom. The number of nitrogens with zero attached hydrogens (tertiary/aromatic N) is 5. The number of thiazole rings is 1. The number of benzene rings is 2. The maximum Gasteiger partial charge on any atom is 0.236 e. The van der Waals surface area contributed by atoms with E-state index < -0.39 is 0 Å². The average molecular weight is 465 g/mol. The van der Waals surface area contributed by atoms with Crippen molar-refractivity contribution in [1.29, 1.82) is 0 Å². The molecule has 9 heteroatoms. The second-order valence-electron chi connectivity index (χ2n) is 7.46. The monoisotopic (exact) mass is 464 g/mol. The summed E-state index contributed by atoms with van der Waals surface area (Å²) < 4.78 is 1.65. The normalized spacial score (nSPS) is 11.0. The summed E-state index contributed by atoms with van der Waals surface area (Å²) in [6, 6.07) is 14.6. The highest BCUT2D eigenvalue weighted by Gasteiger charge is 2.13. The van der Waals surface area contributed by atoms with Crippen molar-refractivity contribution >= 4 is 34.1 Å². The molecule has 0 atom stereocenters. The highest BCUT2D eigenvalue weighted by atomic mass is 32.2. The molecule has 1 amide bonds. The first-order valence-corrected chi connectivity index (χ1v) is 12.1. The number of aryl methyl sites for hydroxylation is 3. The summed E-state index contributed by atoms with van der Waals surface area (Å²) in [5.74, 6) is 0.0522. The molecule has 4 rings (SSSR count). The average Bonchev–Trinajstić information content (AvgIpc) is 3.44. The third-order valence-corrected chi connectivity index (χ3v) is 6.95. The van der Waals surface area contributed by atoms with Crippen LogP contribution in [0.1, 0.15) is 34.1 Å². The highest BCUT2D eigenvalue weighted by molar-refractivity contribution is 7.99. The molecular formula is C23H24N6OS2. The van der Waals surface area contributed by atoms with Gasteiger partial charge in [-0.25, -0.2) is 4.98 Å². The third-order valence-electron chi connectivity index (χ3n) is 5.12. The lowest BCUT2D eigenvalue weighted by atomic mass is 10.1. The number of rotatable bonds is 8. The van der Waals surface area contributed by atoms with Gasteiger partial charge in [0, 0.05) is 17.5 Å². The molecule has 2 heterocycles. The molecule has 0 spiro atoms. The number of amides is 1. The molecule has 0 unspecified atom stereocenters. The Labute approximate surface area is 195 Å². The summed E-state index contributed by atoms with van der Waals surface area (Å²) in [7, 11) is 0. The van der Waals surface area contributed by atoms with Crippen molar-refractivity contribution in [3.8, 4) is 5.69 Å². The summed E-state index contributed by atoms with van der Waals surface area (Å²) in [5.41, 5.74) is 5.80. The second kappa shape index (κ2) is 10.1. The number of carbonyl (C=O) groups excluding carboxylic acids is 1. The van der Waals surface area contributed by atoms with E-state index in [0.717, 1.165) is 29.0 Å². The van der Waals surface area contributed by atoms with Crippen LogP contribution in [0.3, 0.4) is 0 Å². The van der Waals surface area contributed by atoms with Gasteiger partial charge in [-0.2, -0.15) is 4.68 Å². The van der Waals surface area contributed by atoms with Crippen molar-refractivity contribution in [1.82, 2.24) is 25.2 Å². The Morgan fingerprint density at radius 3 is 2.62 bits per heavy atom. The van der Waals surface area contributed by atoms with Crippen molar-refractivity contribution in [2.24, 2.45) is 0 Å². The van der Waals surface area contributed by atoms with Gasteiger partial charge >= 0.3 is 0 Å². The first-order chi connectivity index (χ1) is 15.5. The lowest BCUT2D eigenvalue weighted by molar-refractivity contribution is -0.113. The zero-order chi connectivity index (χ0) is 22.5. The molecule has 7 nitrogen and oxygen atoms in total. The van der Waals surface area contributed by atoms with E-state index in [-0.39, 0.29) is 11.7 Å². The first-order valence-electron chi connectivity index (χ1n) is 10.3. The Balaban J connectivity index is 1.33. The van der Waals surface area contributed by atoms with Crippen LogP contribution in [0.25, 0.3) is 5.69 Å². The third kappa shape index (κ3) is 5.41. The topological polar surface area (TPSA) is 85.6 Å².